The van der Waals surface area contributed by atoms with Gasteiger partial charge in [-0.15, -0.1) is 0 Å². The fourth-order valence-corrected chi connectivity index (χ4v) is 3.45. The molecule has 2 aromatic carbocycles. The van der Waals surface area contributed by atoms with Gasteiger partial charge in [0, 0.05) is 37.2 Å². The summed E-state index contributed by atoms with van der Waals surface area (Å²) in [5.74, 6) is 1.66. The molecule has 0 bridgehead atoms. The van der Waals surface area contributed by atoms with Gasteiger partial charge in [0.15, 0.2) is 11.5 Å². The van der Waals surface area contributed by atoms with Crippen LogP contribution in [0.5, 0.6) is 11.5 Å². The zero-order valence-electron chi connectivity index (χ0n) is 15.1. The van der Waals surface area contributed by atoms with E-state index in [1.807, 2.05) is 6.07 Å². The topological polar surface area (TPSA) is 76.6 Å². The molecule has 5 rings (SSSR count). The highest BCUT2D eigenvalue weighted by atomic mass is 16.7. The zero-order valence-corrected chi connectivity index (χ0v) is 15.1. The third-order valence-electron chi connectivity index (χ3n) is 4.94. The fraction of sp³-hybridized carbons (Fsp3) is 0.190. The van der Waals surface area contributed by atoms with Gasteiger partial charge < -0.3 is 19.7 Å². The van der Waals surface area contributed by atoms with Crippen molar-refractivity contribution < 1.29 is 14.3 Å². The van der Waals surface area contributed by atoms with Gasteiger partial charge in [0.1, 0.15) is 0 Å². The van der Waals surface area contributed by atoms with Crippen LogP contribution >= 0.6 is 0 Å². The predicted octanol–water partition coefficient (Wildman–Crippen LogP) is 3.02. The van der Waals surface area contributed by atoms with Crippen LogP contribution in [0.2, 0.25) is 0 Å². The first-order valence-electron chi connectivity index (χ1n) is 9.11. The van der Waals surface area contributed by atoms with Crippen molar-refractivity contribution in [2.75, 3.05) is 23.6 Å². The minimum atomic E-state index is -0.269. The third-order valence-corrected chi connectivity index (χ3v) is 4.94. The number of nitrogens with zero attached hydrogens (tertiary/aromatic N) is 3. The zero-order chi connectivity index (χ0) is 18.9. The van der Waals surface area contributed by atoms with Crippen molar-refractivity contribution in [3.8, 4) is 11.5 Å². The molecular formula is C21H18N4O3. The number of nitrogens with one attached hydrogen (secondary N) is 1. The van der Waals surface area contributed by atoms with Gasteiger partial charge in [0.2, 0.25) is 12.7 Å². The van der Waals surface area contributed by atoms with Crippen LogP contribution in [0.3, 0.4) is 0 Å². The van der Waals surface area contributed by atoms with E-state index in [4.69, 9.17) is 9.47 Å². The van der Waals surface area contributed by atoms with E-state index in [1.165, 1.54) is 11.1 Å². The second kappa shape index (κ2) is 6.84. The highest BCUT2D eigenvalue weighted by Crippen LogP contribution is 2.34. The maximum atomic E-state index is 12.5. The van der Waals surface area contributed by atoms with E-state index in [2.05, 4.69) is 38.4 Å². The van der Waals surface area contributed by atoms with Crippen LogP contribution in [-0.2, 0) is 13.0 Å². The molecule has 0 atom stereocenters. The van der Waals surface area contributed by atoms with E-state index in [1.54, 1.807) is 30.6 Å². The van der Waals surface area contributed by atoms with Crippen LogP contribution in [0.25, 0.3) is 0 Å². The summed E-state index contributed by atoms with van der Waals surface area (Å²) < 4.78 is 10.6. The fourth-order valence-electron chi connectivity index (χ4n) is 3.45. The molecule has 28 heavy (non-hydrogen) atoms. The number of carbonyl (C=O) groups is 1. The number of fused-ring (bicyclic) bond motifs is 2. The number of rotatable bonds is 3. The van der Waals surface area contributed by atoms with E-state index in [9.17, 15) is 4.79 Å². The second-order valence-electron chi connectivity index (χ2n) is 6.73. The number of benzene rings is 2. The number of aromatic nitrogens is 2. The summed E-state index contributed by atoms with van der Waals surface area (Å²) in [5, 5.41) is 2.83. The van der Waals surface area contributed by atoms with Crippen molar-refractivity contribution in [2.45, 2.75) is 13.0 Å². The molecule has 3 heterocycles. The van der Waals surface area contributed by atoms with Gasteiger partial charge in [-0.25, -0.2) is 9.97 Å². The molecule has 3 aromatic rings. The molecule has 0 aliphatic carbocycles. The van der Waals surface area contributed by atoms with Gasteiger partial charge >= 0.3 is 0 Å². The highest BCUT2D eigenvalue weighted by molar-refractivity contribution is 6.04. The maximum absolute atomic E-state index is 12.5. The van der Waals surface area contributed by atoms with E-state index in [0.29, 0.717) is 28.7 Å². The molecule has 1 aromatic heterocycles. The Morgan fingerprint density at radius 3 is 2.64 bits per heavy atom. The summed E-state index contributed by atoms with van der Waals surface area (Å²) >= 11 is 0. The third kappa shape index (κ3) is 3.11. The molecule has 0 saturated heterocycles. The van der Waals surface area contributed by atoms with Gasteiger partial charge in [0.25, 0.3) is 5.91 Å². The Bertz CT molecular complexity index is 1040. The predicted molar refractivity (Wildman–Crippen MR) is 104 cm³/mol. The normalized spacial score (nSPS) is 14.5. The first-order valence-corrected chi connectivity index (χ1v) is 9.11. The minimum absolute atomic E-state index is 0.197. The lowest BCUT2D eigenvalue weighted by Crippen LogP contribution is -2.31. The first-order chi connectivity index (χ1) is 13.8. The van der Waals surface area contributed by atoms with E-state index < -0.39 is 0 Å². The monoisotopic (exact) mass is 374 g/mol. The number of hydrogen-bond acceptors (Lipinski definition) is 6. The smallest absolute Gasteiger partial charge is 0.258 e. The number of anilines is 2. The molecule has 0 radical (unpaired) electrons. The first kappa shape index (κ1) is 16.6. The SMILES string of the molecule is O=C(Nc1ccc2c(c1)OCO2)c1cnc(N2CCc3ccccc3C2)nc1. The molecule has 2 aliphatic rings. The van der Waals surface area contributed by atoms with E-state index in [-0.39, 0.29) is 12.7 Å². The average molecular weight is 374 g/mol. The summed E-state index contributed by atoms with van der Waals surface area (Å²) in [6, 6.07) is 13.7. The van der Waals surface area contributed by atoms with Gasteiger partial charge in [-0.1, -0.05) is 24.3 Å². The molecule has 1 N–H and O–H groups in total. The summed E-state index contributed by atoms with van der Waals surface area (Å²) in [4.78, 5) is 23.4. The molecule has 7 heteroatoms. The lowest BCUT2D eigenvalue weighted by Gasteiger charge is -2.28. The van der Waals surface area contributed by atoms with Crippen molar-refractivity contribution in [1.29, 1.82) is 0 Å². The van der Waals surface area contributed by atoms with Crippen LogP contribution in [0, 0.1) is 0 Å². The molecule has 1 amide bonds. The Labute approximate surface area is 161 Å². The maximum Gasteiger partial charge on any atom is 0.258 e. The van der Waals surface area contributed by atoms with Gasteiger partial charge in [-0.3, -0.25) is 4.79 Å². The van der Waals surface area contributed by atoms with Crippen LogP contribution in [0.15, 0.2) is 54.9 Å². The Kier molecular flexibility index (Phi) is 4.05. The summed E-state index contributed by atoms with van der Waals surface area (Å²) in [6.45, 7) is 1.83. The van der Waals surface area contributed by atoms with Crippen molar-refractivity contribution >= 4 is 17.5 Å². The molecule has 140 valence electrons. The Balaban J connectivity index is 1.28. The van der Waals surface area contributed by atoms with Crippen LogP contribution in [-0.4, -0.2) is 29.2 Å². The van der Waals surface area contributed by atoms with E-state index >= 15 is 0 Å². The average Bonchev–Trinajstić information content (AvgIpc) is 3.21. The molecule has 7 nitrogen and oxygen atoms in total. The van der Waals surface area contributed by atoms with Crippen molar-refractivity contribution in [3.63, 3.8) is 0 Å². The largest absolute Gasteiger partial charge is 0.454 e. The Hall–Kier alpha value is -3.61. The molecule has 0 unspecified atom stereocenters. The minimum Gasteiger partial charge on any atom is -0.454 e. The quantitative estimate of drug-likeness (QED) is 0.759. The molecule has 0 spiro atoms. The Morgan fingerprint density at radius 2 is 1.79 bits per heavy atom. The van der Waals surface area contributed by atoms with Crippen molar-refractivity contribution in [1.82, 2.24) is 9.97 Å². The second-order valence-corrected chi connectivity index (χ2v) is 6.73. The van der Waals surface area contributed by atoms with Crippen LogP contribution in [0.4, 0.5) is 11.6 Å². The molecule has 0 saturated carbocycles. The lowest BCUT2D eigenvalue weighted by atomic mass is 10.0. The summed E-state index contributed by atoms with van der Waals surface area (Å²) in [7, 11) is 0. The number of hydrogen-bond donors (Lipinski definition) is 1. The van der Waals surface area contributed by atoms with Crippen LogP contribution in [0.1, 0.15) is 21.5 Å². The highest BCUT2D eigenvalue weighted by Gasteiger charge is 2.19. The van der Waals surface area contributed by atoms with E-state index in [0.717, 1.165) is 19.5 Å². The van der Waals surface area contributed by atoms with Crippen molar-refractivity contribution in [3.05, 3.63) is 71.5 Å². The molecule has 2 aliphatic heterocycles. The van der Waals surface area contributed by atoms with Gasteiger partial charge in [-0.2, -0.15) is 0 Å². The lowest BCUT2D eigenvalue weighted by molar-refractivity contribution is 0.102. The standard InChI is InChI=1S/C21H18N4O3/c26-20(24-17-5-6-18-19(9-17)28-13-27-18)16-10-22-21(23-11-16)25-8-7-14-3-1-2-4-15(14)12-25/h1-6,9-11H,7-8,12-13H2,(H,24,26). The number of ether oxygens (including phenoxy) is 2. The molecule has 0 fully saturated rings. The van der Waals surface area contributed by atoms with Gasteiger partial charge in [0.05, 0.1) is 5.56 Å². The summed E-state index contributed by atoms with van der Waals surface area (Å²) in [6.07, 6.45) is 4.09. The summed E-state index contributed by atoms with van der Waals surface area (Å²) in [5.41, 5.74) is 3.70. The number of carbonyl (C=O) groups excluding carboxylic acids is 1. The Morgan fingerprint density at radius 1 is 1.00 bits per heavy atom. The molecular weight excluding hydrogens is 356 g/mol. The van der Waals surface area contributed by atoms with Gasteiger partial charge in [-0.05, 0) is 29.7 Å². The number of amides is 1. The van der Waals surface area contributed by atoms with Crippen LogP contribution < -0.4 is 19.7 Å². The van der Waals surface area contributed by atoms with Crippen molar-refractivity contribution in [2.24, 2.45) is 0 Å².